The third kappa shape index (κ3) is 4.53. The predicted octanol–water partition coefficient (Wildman–Crippen LogP) is -1.10. The third-order valence-electron chi connectivity index (χ3n) is 3.29. The number of amides is 2. The van der Waals surface area contributed by atoms with Crippen molar-refractivity contribution in [3.63, 3.8) is 0 Å². The zero-order chi connectivity index (χ0) is 16.9. The van der Waals surface area contributed by atoms with Gasteiger partial charge in [0.25, 0.3) is 5.91 Å². The van der Waals surface area contributed by atoms with Crippen LogP contribution in [-0.2, 0) is 19.6 Å². The van der Waals surface area contributed by atoms with Gasteiger partial charge >= 0.3 is 0 Å². The number of nitrogens with one attached hydrogen (secondary N) is 3. The molecule has 0 aliphatic carbocycles. The van der Waals surface area contributed by atoms with E-state index in [-0.39, 0.29) is 23.0 Å². The summed E-state index contributed by atoms with van der Waals surface area (Å²) in [5.74, 6) is -0.614. The minimum absolute atomic E-state index is 0.0476. The molecule has 10 heteroatoms. The summed E-state index contributed by atoms with van der Waals surface area (Å²) in [7, 11) is -3.63. The second kappa shape index (κ2) is 7.57. The summed E-state index contributed by atoms with van der Waals surface area (Å²) in [6.07, 6.45) is 1.30. The monoisotopic (exact) mass is 344 g/mol. The van der Waals surface area contributed by atoms with Gasteiger partial charge in [-0.05, 0) is 6.07 Å². The Labute approximate surface area is 134 Å². The van der Waals surface area contributed by atoms with E-state index in [0.29, 0.717) is 32.8 Å². The van der Waals surface area contributed by atoms with E-state index in [1.807, 2.05) is 0 Å². The van der Waals surface area contributed by atoms with Crippen molar-refractivity contribution in [2.75, 3.05) is 39.4 Å². The van der Waals surface area contributed by atoms with E-state index in [2.05, 4.69) is 15.6 Å². The first-order chi connectivity index (χ1) is 10.9. The van der Waals surface area contributed by atoms with Gasteiger partial charge in [-0.1, -0.05) is 0 Å². The fraction of sp³-hybridized carbons (Fsp3) is 0.538. The molecule has 0 saturated carbocycles. The molecular formula is C13H20N4O5S. The van der Waals surface area contributed by atoms with Crippen LogP contribution in [0.3, 0.4) is 0 Å². The quantitative estimate of drug-likeness (QED) is 0.566. The first-order valence-electron chi connectivity index (χ1n) is 7.20. The van der Waals surface area contributed by atoms with E-state index < -0.39 is 15.9 Å². The van der Waals surface area contributed by atoms with Gasteiger partial charge in [0, 0.05) is 39.3 Å². The Balaban J connectivity index is 1.96. The van der Waals surface area contributed by atoms with Crippen molar-refractivity contribution in [2.45, 2.75) is 11.8 Å². The van der Waals surface area contributed by atoms with E-state index in [9.17, 15) is 18.0 Å². The van der Waals surface area contributed by atoms with Crippen LogP contribution in [0.5, 0.6) is 0 Å². The Kier molecular flexibility index (Phi) is 5.74. The van der Waals surface area contributed by atoms with Gasteiger partial charge in [0.15, 0.2) is 0 Å². The molecule has 9 nitrogen and oxygen atoms in total. The van der Waals surface area contributed by atoms with Crippen LogP contribution in [0.15, 0.2) is 17.2 Å². The molecule has 3 N–H and O–H groups in total. The summed E-state index contributed by atoms with van der Waals surface area (Å²) in [4.78, 5) is 25.3. The smallest absolute Gasteiger partial charge is 0.267 e. The number of aromatic amines is 1. The lowest BCUT2D eigenvalue weighted by molar-refractivity contribution is -0.118. The van der Waals surface area contributed by atoms with Crippen LogP contribution in [0.1, 0.15) is 17.4 Å². The van der Waals surface area contributed by atoms with E-state index in [4.69, 9.17) is 4.74 Å². The topological polar surface area (TPSA) is 121 Å². The highest BCUT2D eigenvalue weighted by Gasteiger charge is 2.27. The van der Waals surface area contributed by atoms with Gasteiger partial charge in [0.1, 0.15) is 10.6 Å². The van der Waals surface area contributed by atoms with Crippen molar-refractivity contribution in [2.24, 2.45) is 0 Å². The normalized spacial score (nSPS) is 16.0. The van der Waals surface area contributed by atoms with Crippen LogP contribution < -0.4 is 10.6 Å². The van der Waals surface area contributed by atoms with Gasteiger partial charge in [0.2, 0.25) is 15.9 Å². The Hall–Kier alpha value is -1.91. The van der Waals surface area contributed by atoms with Crippen molar-refractivity contribution >= 4 is 21.8 Å². The molecule has 2 heterocycles. The zero-order valence-corrected chi connectivity index (χ0v) is 13.6. The van der Waals surface area contributed by atoms with Crippen molar-refractivity contribution in [1.29, 1.82) is 0 Å². The van der Waals surface area contributed by atoms with Gasteiger partial charge < -0.3 is 20.4 Å². The number of H-pyrrole nitrogens is 1. The summed E-state index contributed by atoms with van der Waals surface area (Å²) in [5.41, 5.74) is 0.152. The third-order valence-corrected chi connectivity index (χ3v) is 5.17. The van der Waals surface area contributed by atoms with Crippen LogP contribution in [0, 0.1) is 0 Å². The van der Waals surface area contributed by atoms with Crippen LogP contribution in [0.2, 0.25) is 0 Å². The highest BCUT2D eigenvalue weighted by atomic mass is 32.2. The summed E-state index contributed by atoms with van der Waals surface area (Å²) in [6.45, 7) is 3.26. The number of morpholine rings is 1. The van der Waals surface area contributed by atoms with Crippen molar-refractivity contribution < 1.29 is 22.7 Å². The molecule has 128 valence electrons. The summed E-state index contributed by atoms with van der Waals surface area (Å²) in [6, 6.07) is 1.30. The highest BCUT2D eigenvalue weighted by Crippen LogP contribution is 2.17. The van der Waals surface area contributed by atoms with Gasteiger partial charge in [-0.2, -0.15) is 4.31 Å². The second-order valence-corrected chi connectivity index (χ2v) is 6.94. The molecule has 0 spiro atoms. The van der Waals surface area contributed by atoms with Gasteiger partial charge in [-0.3, -0.25) is 9.59 Å². The molecule has 2 amide bonds. The van der Waals surface area contributed by atoms with Crippen LogP contribution in [0.4, 0.5) is 0 Å². The number of hydrogen-bond acceptors (Lipinski definition) is 5. The maximum atomic E-state index is 12.4. The molecule has 23 heavy (non-hydrogen) atoms. The highest BCUT2D eigenvalue weighted by molar-refractivity contribution is 7.89. The molecule has 2 rings (SSSR count). The number of carbonyl (C=O) groups excluding carboxylic acids is 2. The van der Waals surface area contributed by atoms with Crippen LogP contribution in [0.25, 0.3) is 0 Å². The lowest BCUT2D eigenvalue weighted by atomic mass is 10.4. The van der Waals surface area contributed by atoms with Crippen molar-refractivity contribution in [3.8, 4) is 0 Å². The second-order valence-electron chi connectivity index (χ2n) is 5.00. The summed E-state index contributed by atoms with van der Waals surface area (Å²) >= 11 is 0. The Morgan fingerprint density at radius 1 is 1.26 bits per heavy atom. The maximum Gasteiger partial charge on any atom is 0.267 e. The molecule has 1 aliphatic heterocycles. The lowest BCUT2D eigenvalue weighted by Gasteiger charge is -2.25. The van der Waals surface area contributed by atoms with E-state index >= 15 is 0 Å². The molecule has 1 fully saturated rings. The Bertz CT molecular complexity index is 664. The number of nitrogens with zero attached hydrogens (tertiary/aromatic N) is 1. The lowest BCUT2D eigenvalue weighted by Crippen LogP contribution is -2.40. The van der Waals surface area contributed by atoms with Gasteiger partial charge in [-0.25, -0.2) is 8.42 Å². The minimum Gasteiger partial charge on any atom is -0.379 e. The number of hydrogen-bond donors (Lipinski definition) is 3. The zero-order valence-electron chi connectivity index (χ0n) is 12.8. The molecular weight excluding hydrogens is 324 g/mol. The first kappa shape index (κ1) is 17.4. The number of carbonyl (C=O) groups is 2. The molecule has 1 aromatic rings. The van der Waals surface area contributed by atoms with Crippen LogP contribution >= 0.6 is 0 Å². The minimum atomic E-state index is -3.63. The molecule has 1 aromatic heterocycles. The summed E-state index contributed by atoms with van der Waals surface area (Å²) in [5, 5.41) is 5.13. The molecule has 1 aliphatic rings. The fourth-order valence-corrected chi connectivity index (χ4v) is 3.50. The SMILES string of the molecule is CC(=O)NCCNC(=O)c1cc(S(=O)(=O)N2CCOCC2)c[nH]1. The number of ether oxygens (including phenoxy) is 1. The Morgan fingerprint density at radius 2 is 1.91 bits per heavy atom. The largest absolute Gasteiger partial charge is 0.379 e. The standard InChI is InChI=1S/C13H20N4O5S/c1-10(18)14-2-3-15-13(19)12-8-11(9-16-12)23(20,21)17-4-6-22-7-5-17/h8-9,16H,2-7H2,1H3,(H,14,18)(H,15,19). The van der Waals surface area contributed by atoms with Gasteiger partial charge in [0.05, 0.1) is 13.2 Å². The molecule has 0 aromatic carbocycles. The first-order valence-corrected chi connectivity index (χ1v) is 8.64. The predicted molar refractivity (Wildman–Crippen MR) is 81.4 cm³/mol. The summed E-state index contributed by atoms with van der Waals surface area (Å²) < 4.78 is 31.3. The Morgan fingerprint density at radius 3 is 2.57 bits per heavy atom. The fourth-order valence-electron chi connectivity index (χ4n) is 2.10. The average Bonchev–Trinajstić information content (AvgIpc) is 3.03. The van der Waals surface area contributed by atoms with E-state index in [0.717, 1.165) is 0 Å². The maximum absolute atomic E-state index is 12.4. The average molecular weight is 344 g/mol. The number of aromatic nitrogens is 1. The number of rotatable bonds is 6. The molecule has 0 atom stereocenters. The van der Waals surface area contributed by atoms with Gasteiger partial charge in [-0.15, -0.1) is 0 Å². The molecule has 0 bridgehead atoms. The molecule has 0 radical (unpaired) electrons. The molecule has 0 unspecified atom stereocenters. The van der Waals surface area contributed by atoms with Crippen LogP contribution in [-0.4, -0.2) is 68.9 Å². The van der Waals surface area contributed by atoms with Crippen molar-refractivity contribution in [3.05, 3.63) is 18.0 Å². The van der Waals surface area contributed by atoms with Crippen molar-refractivity contribution in [1.82, 2.24) is 19.9 Å². The molecule has 1 saturated heterocycles. The van der Waals surface area contributed by atoms with E-state index in [1.165, 1.54) is 23.5 Å². The number of sulfonamides is 1. The van der Waals surface area contributed by atoms with E-state index in [1.54, 1.807) is 0 Å².